The van der Waals surface area contributed by atoms with Gasteiger partial charge in [0.05, 0.1) is 11.1 Å². The number of nitrogens with one attached hydrogen (secondary N) is 1. The zero-order chi connectivity index (χ0) is 19.1. The molecule has 5 nitrogen and oxygen atoms in total. The summed E-state index contributed by atoms with van der Waals surface area (Å²) >= 11 is 1.63. The van der Waals surface area contributed by atoms with Gasteiger partial charge in [-0.15, -0.1) is 11.3 Å². The second-order valence-corrected chi connectivity index (χ2v) is 11.8. The van der Waals surface area contributed by atoms with Crippen LogP contribution in [0.3, 0.4) is 0 Å². The van der Waals surface area contributed by atoms with Crippen LogP contribution in [0.2, 0.25) is 0 Å². The molecule has 0 bridgehead atoms. The van der Waals surface area contributed by atoms with Crippen molar-refractivity contribution in [3.63, 3.8) is 0 Å². The standard InChI is InChI=1S/C19H30N2O3S2/c1-19(2,3)14-7-8-16-13(10-14)11-17(25-16)18(22)21-9-5-6-15(12-21)20-26(4,23)24/h11,14-15,20H,5-10,12H2,1-4H3. The van der Waals surface area contributed by atoms with Gasteiger partial charge in [-0.3, -0.25) is 4.79 Å². The lowest BCUT2D eigenvalue weighted by molar-refractivity contribution is 0.0708. The zero-order valence-electron chi connectivity index (χ0n) is 16.2. The first kappa shape index (κ1) is 19.8. The summed E-state index contributed by atoms with van der Waals surface area (Å²) < 4.78 is 25.6. The molecule has 2 unspecified atom stereocenters. The number of piperidine rings is 1. The fraction of sp³-hybridized carbons (Fsp3) is 0.737. The second-order valence-electron chi connectivity index (χ2n) is 8.85. The van der Waals surface area contributed by atoms with Gasteiger partial charge >= 0.3 is 0 Å². The molecule has 2 atom stereocenters. The van der Waals surface area contributed by atoms with Crippen molar-refractivity contribution in [2.75, 3.05) is 19.3 Å². The van der Waals surface area contributed by atoms with Gasteiger partial charge in [0.1, 0.15) is 0 Å². The molecular formula is C19H30N2O3S2. The van der Waals surface area contributed by atoms with Gasteiger partial charge in [-0.2, -0.15) is 0 Å². The van der Waals surface area contributed by atoms with Crippen molar-refractivity contribution in [2.45, 2.75) is 58.9 Å². The number of carbonyl (C=O) groups is 1. The molecule has 1 saturated heterocycles. The molecule has 1 aromatic rings. The van der Waals surface area contributed by atoms with Crippen molar-refractivity contribution in [3.8, 4) is 0 Å². The molecule has 1 aliphatic carbocycles. The molecule has 146 valence electrons. The molecule has 26 heavy (non-hydrogen) atoms. The lowest BCUT2D eigenvalue weighted by atomic mass is 9.72. The molecule has 0 aromatic carbocycles. The van der Waals surface area contributed by atoms with Crippen molar-refractivity contribution < 1.29 is 13.2 Å². The SMILES string of the molecule is CC(C)(C)C1CCc2sc(C(=O)N3CCCC(NS(C)(=O)=O)C3)cc2C1. The first-order chi connectivity index (χ1) is 12.0. The predicted octanol–water partition coefficient (Wildman–Crippen LogP) is 3.05. The van der Waals surface area contributed by atoms with Crippen LogP contribution in [0.25, 0.3) is 0 Å². The van der Waals surface area contributed by atoms with Gasteiger partial charge < -0.3 is 4.90 Å². The molecule has 1 aliphatic heterocycles. The van der Waals surface area contributed by atoms with E-state index in [1.54, 1.807) is 11.3 Å². The number of fused-ring (bicyclic) bond motifs is 1. The maximum Gasteiger partial charge on any atom is 0.263 e. The van der Waals surface area contributed by atoms with E-state index in [1.165, 1.54) is 23.1 Å². The summed E-state index contributed by atoms with van der Waals surface area (Å²) in [5.41, 5.74) is 1.63. The molecule has 0 spiro atoms. The molecule has 2 aliphatic rings. The molecule has 0 saturated carbocycles. The van der Waals surface area contributed by atoms with Gasteiger partial charge in [-0.05, 0) is 55.1 Å². The first-order valence-corrected chi connectivity index (χ1v) is 12.1. The summed E-state index contributed by atoms with van der Waals surface area (Å²) in [6.07, 6.45) is 6.09. The van der Waals surface area contributed by atoms with Gasteiger partial charge in [0.25, 0.3) is 5.91 Å². The van der Waals surface area contributed by atoms with Crippen LogP contribution in [0.5, 0.6) is 0 Å². The minimum atomic E-state index is -3.25. The van der Waals surface area contributed by atoms with Crippen molar-refractivity contribution in [1.29, 1.82) is 0 Å². The molecule has 1 N–H and O–H groups in total. The van der Waals surface area contributed by atoms with E-state index in [0.29, 0.717) is 24.4 Å². The Bertz CT molecular complexity index is 777. The van der Waals surface area contributed by atoms with Crippen LogP contribution in [0.1, 0.15) is 60.1 Å². The van der Waals surface area contributed by atoms with Gasteiger partial charge in [0.2, 0.25) is 10.0 Å². The molecule has 1 fully saturated rings. The Hall–Kier alpha value is -0.920. The summed E-state index contributed by atoms with van der Waals surface area (Å²) in [5.74, 6) is 0.711. The highest BCUT2D eigenvalue weighted by molar-refractivity contribution is 7.88. The minimum Gasteiger partial charge on any atom is -0.336 e. The Morgan fingerprint density at radius 3 is 2.69 bits per heavy atom. The largest absolute Gasteiger partial charge is 0.336 e. The molecular weight excluding hydrogens is 368 g/mol. The van der Waals surface area contributed by atoms with Crippen LogP contribution in [-0.2, 0) is 22.9 Å². The number of sulfonamides is 1. The van der Waals surface area contributed by atoms with Gasteiger partial charge in [-0.1, -0.05) is 20.8 Å². The number of likely N-dealkylation sites (tertiary alicyclic amines) is 1. The minimum absolute atomic E-state index is 0.0525. The van der Waals surface area contributed by atoms with E-state index in [0.717, 1.165) is 30.6 Å². The van der Waals surface area contributed by atoms with Gasteiger partial charge in [0.15, 0.2) is 0 Å². The highest BCUT2D eigenvalue weighted by Gasteiger charge is 2.32. The Kier molecular flexibility index (Phi) is 5.53. The Morgan fingerprint density at radius 2 is 2.04 bits per heavy atom. The van der Waals surface area contributed by atoms with E-state index in [9.17, 15) is 13.2 Å². The zero-order valence-corrected chi connectivity index (χ0v) is 17.8. The van der Waals surface area contributed by atoms with E-state index in [-0.39, 0.29) is 11.9 Å². The van der Waals surface area contributed by atoms with Gasteiger partial charge in [-0.25, -0.2) is 13.1 Å². The second kappa shape index (κ2) is 7.24. The fourth-order valence-corrected chi connectivity index (χ4v) is 6.06. The van der Waals surface area contributed by atoms with Crippen LogP contribution >= 0.6 is 11.3 Å². The molecule has 7 heteroatoms. The lowest BCUT2D eigenvalue weighted by Gasteiger charge is -2.33. The summed E-state index contributed by atoms with van der Waals surface area (Å²) in [6.45, 7) is 8.05. The van der Waals surface area contributed by atoms with E-state index in [1.807, 2.05) is 4.90 Å². The smallest absolute Gasteiger partial charge is 0.263 e. The third-order valence-electron chi connectivity index (χ3n) is 5.61. The van der Waals surface area contributed by atoms with Gasteiger partial charge in [0, 0.05) is 24.0 Å². The number of nitrogens with zero attached hydrogens (tertiary/aromatic N) is 1. The predicted molar refractivity (Wildman–Crippen MR) is 106 cm³/mol. The highest BCUT2D eigenvalue weighted by atomic mass is 32.2. The average molecular weight is 399 g/mol. The third-order valence-corrected chi connectivity index (χ3v) is 7.59. The first-order valence-electron chi connectivity index (χ1n) is 9.41. The van der Waals surface area contributed by atoms with Crippen molar-refractivity contribution >= 4 is 27.3 Å². The number of hydrogen-bond donors (Lipinski definition) is 1. The topological polar surface area (TPSA) is 66.5 Å². The Morgan fingerprint density at radius 1 is 1.31 bits per heavy atom. The monoisotopic (exact) mass is 398 g/mol. The average Bonchev–Trinajstić information content (AvgIpc) is 2.95. The van der Waals surface area contributed by atoms with Crippen molar-refractivity contribution in [3.05, 3.63) is 21.4 Å². The number of thiophene rings is 1. The number of amides is 1. The summed E-state index contributed by atoms with van der Waals surface area (Å²) in [6, 6.07) is 1.91. The molecule has 3 rings (SSSR count). The third kappa shape index (κ3) is 4.67. The fourth-order valence-electron chi connectivity index (χ4n) is 4.08. The maximum atomic E-state index is 13.0. The van der Waals surface area contributed by atoms with Crippen LogP contribution in [0.4, 0.5) is 0 Å². The van der Waals surface area contributed by atoms with E-state index in [4.69, 9.17) is 0 Å². The summed E-state index contributed by atoms with van der Waals surface area (Å²) in [5, 5.41) is 0. The number of hydrogen-bond acceptors (Lipinski definition) is 4. The molecule has 1 amide bonds. The molecule has 0 radical (unpaired) electrons. The lowest BCUT2D eigenvalue weighted by Crippen LogP contribution is -2.49. The Labute approximate surface area is 161 Å². The number of carbonyl (C=O) groups excluding carboxylic acids is 1. The summed E-state index contributed by atoms with van der Waals surface area (Å²) in [7, 11) is -3.25. The Balaban J connectivity index is 1.70. The number of aryl methyl sites for hydroxylation is 1. The molecule has 2 heterocycles. The van der Waals surface area contributed by atoms with Crippen LogP contribution in [0.15, 0.2) is 6.07 Å². The van der Waals surface area contributed by atoms with E-state index in [2.05, 4.69) is 31.6 Å². The van der Waals surface area contributed by atoms with Crippen LogP contribution < -0.4 is 4.72 Å². The number of rotatable bonds is 3. The normalized spacial score (nSPS) is 24.4. The van der Waals surface area contributed by atoms with Crippen LogP contribution in [0, 0.1) is 11.3 Å². The van der Waals surface area contributed by atoms with Crippen molar-refractivity contribution in [2.24, 2.45) is 11.3 Å². The van der Waals surface area contributed by atoms with Crippen molar-refractivity contribution in [1.82, 2.24) is 9.62 Å². The quantitative estimate of drug-likeness (QED) is 0.851. The van der Waals surface area contributed by atoms with E-state index < -0.39 is 10.0 Å². The molecule has 1 aromatic heterocycles. The van der Waals surface area contributed by atoms with Crippen LogP contribution in [-0.4, -0.2) is 44.6 Å². The maximum absolute atomic E-state index is 13.0. The highest BCUT2D eigenvalue weighted by Crippen LogP contribution is 2.40. The summed E-state index contributed by atoms with van der Waals surface area (Å²) in [4.78, 5) is 16.9. The van der Waals surface area contributed by atoms with E-state index >= 15 is 0 Å².